The van der Waals surface area contributed by atoms with E-state index in [2.05, 4.69) is 30.8 Å². The van der Waals surface area contributed by atoms with E-state index in [1.165, 1.54) is 0 Å². The van der Waals surface area contributed by atoms with E-state index in [1.807, 2.05) is 36.4 Å². The van der Waals surface area contributed by atoms with Gasteiger partial charge in [-0.2, -0.15) is 5.26 Å². The van der Waals surface area contributed by atoms with Gasteiger partial charge in [0.25, 0.3) is 0 Å². The number of rotatable bonds is 4. The minimum Gasteiger partial charge on any atom is -0.491 e. The fourth-order valence-corrected chi connectivity index (χ4v) is 2.86. The van der Waals surface area contributed by atoms with Crippen molar-refractivity contribution in [3.63, 3.8) is 0 Å². The highest BCUT2D eigenvalue weighted by Gasteiger charge is 2.26. The second-order valence-corrected chi connectivity index (χ2v) is 6.02. The van der Waals surface area contributed by atoms with Crippen molar-refractivity contribution in [2.45, 2.75) is 18.9 Å². The smallest absolute Gasteiger partial charge is 0.234 e. The maximum Gasteiger partial charge on any atom is 0.234 e. The first-order valence-electron chi connectivity index (χ1n) is 7.14. The van der Waals surface area contributed by atoms with Crippen LogP contribution in [0.25, 0.3) is 0 Å². The van der Waals surface area contributed by atoms with Crippen molar-refractivity contribution < 1.29 is 4.74 Å². The molecule has 22 heavy (non-hydrogen) atoms. The van der Waals surface area contributed by atoms with Crippen molar-refractivity contribution in [1.82, 2.24) is 9.97 Å². The van der Waals surface area contributed by atoms with E-state index < -0.39 is 0 Å². The highest BCUT2D eigenvalue weighted by molar-refractivity contribution is 9.10. The molecule has 0 aliphatic carbocycles. The number of ether oxygens (including phenoxy) is 1. The Labute approximate surface area is 137 Å². The van der Waals surface area contributed by atoms with Gasteiger partial charge in [-0.25, -0.2) is 9.97 Å². The van der Waals surface area contributed by atoms with Gasteiger partial charge in [0.15, 0.2) is 0 Å². The molecule has 1 fully saturated rings. The summed E-state index contributed by atoms with van der Waals surface area (Å²) >= 11 is 3.41. The van der Waals surface area contributed by atoms with Crippen molar-refractivity contribution in [3.8, 4) is 11.8 Å². The average molecular weight is 359 g/mol. The highest BCUT2D eigenvalue weighted by Crippen LogP contribution is 2.25. The Hall–Kier alpha value is -2.13. The minimum atomic E-state index is 0.206. The third-order valence-electron chi connectivity index (χ3n) is 3.67. The monoisotopic (exact) mass is 358 g/mol. The van der Waals surface area contributed by atoms with Gasteiger partial charge in [0.05, 0.1) is 6.04 Å². The third kappa shape index (κ3) is 3.37. The first-order valence-corrected chi connectivity index (χ1v) is 7.94. The van der Waals surface area contributed by atoms with Gasteiger partial charge in [0, 0.05) is 17.2 Å². The van der Waals surface area contributed by atoms with Gasteiger partial charge in [0.1, 0.15) is 24.2 Å². The molecule has 0 saturated carbocycles. The molecular formula is C16H15BrN4O. The van der Waals surface area contributed by atoms with Gasteiger partial charge in [0.2, 0.25) is 5.82 Å². The minimum absolute atomic E-state index is 0.206. The normalized spacial score (nSPS) is 17.3. The van der Waals surface area contributed by atoms with Crippen molar-refractivity contribution in [2.75, 3.05) is 18.1 Å². The van der Waals surface area contributed by atoms with E-state index in [-0.39, 0.29) is 11.9 Å². The highest BCUT2D eigenvalue weighted by atomic mass is 79.9. The average Bonchev–Trinajstić information content (AvgIpc) is 3.03. The van der Waals surface area contributed by atoms with Crippen LogP contribution in [0.3, 0.4) is 0 Å². The van der Waals surface area contributed by atoms with Crippen LogP contribution in [0, 0.1) is 11.3 Å². The summed E-state index contributed by atoms with van der Waals surface area (Å²) < 4.78 is 6.92. The molecule has 0 radical (unpaired) electrons. The molecule has 3 rings (SSSR count). The molecule has 0 unspecified atom stereocenters. The first-order chi connectivity index (χ1) is 10.8. The number of anilines is 1. The van der Waals surface area contributed by atoms with Crippen molar-refractivity contribution in [1.29, 1.82) is 5.26 Å². The van der Waals surface area contributed by atoms with Gasteiger partial charge in [-0.15, -0.1) is 0 Å². The molecule has 2 aromatic rings. The number of hydrogen-bond donors (Lipinski definition) is 0. The first kappa shape index (κ1) is 14.8. The van der Waals surface area contributed by atoms with E-state index in [0.29, 0.717) is 6.61 Å². The molecule has 1 aromatic heterocycles. The fourth-order valence-electron chi connectivity index (χ4n) is 2.60. The second kappa shape index (κ2) is 6.75. The molecule has 1 saturated heterocycles. The molecule has 0 amide bonds. The van der Waals surface area contributed by atoms with Crippen LogP contribution in [0.5, 0.6) is 5.75 Å². The maximum atomic E-state index is 8.92. The van der Waals surface area contributed by atoms with Gasteiger partial charge in [-0.3, -0.25) is 0 Å². The van der Waals surface area contributed by atoms with Crippen LogP contribution in [-0.2, 0) is 0 Å². The molecule has 112 valence electrons. The molecular weight excluding hydrogens is 344 g/mol. The lowest BCUT2D eigenvalue weighted by molar-refractivity contribution is 0.288. The van der Waals surface area contributed by atoms with Gasteiger partial charge in [-0.1, -0.05) is 15.9 Å². The fraction of sp³-hybridized carbons (Fsp3) is 0.312. The number of benzene rings is 1. The maximum absolute atomic E-state index is 8.92. The van der Waals surface area contributed by atoms with E-state index in [0.717, 1.165) is 35.4 Å². The zero-order valence-corrected chi connectivity index (χ0v) is 13.5. The Morgan fingerprint density at radius 3 is 2.91 bits per heavy atom. The van der Waals surface area contributed by atoms with E-state index in [1.54, 1.807) is 6.20 Å². The number of hydrogen-bond acceptors (Lipinski definition) is 5. The molecule has 1 aliphatic heterocycles. The standard InChI is InChI=1S/C16H15BrN4O/c17-12-3-5-14(6-4-12)22-11-13-2-1-9-21(13)16-7-8-19-15(10-18)20-16/h3-8,13H,1-2,9,11H2/t13-/m0/s1. The van der Waals surface area contributed by atoms with E-state index >= 15 is 0 Å². The summed E-state index contributed by atoms with van der Waals surface area (Å²) in [4.78, 5) is 10.4. The Balaban J connectivity index is 1.68. The molecule has 1 aromatic carbocycles. The van der Waals surface area contributed by atoms with Crippen LogP contribution in [0.1, 0.15) is 18.7 Å². The number of nitrogens with zero attached hydrogens (tertiary/aromatic N) is 4. The molecule has 6 heteroatoms. The number of halogens is 1. The summed E-state index contributed by atoms with van der Waals surface area (Å²) in [5, 5.41) is 8.92. The molecule has 1 aliphatic rings. The predicted molar refractivity (Wildman–Crippen MR) is 86.8 cm³/mol. The predicted octanol–water partition coefficient (Wildman–Crippen LogP) is 3.16. The summed E-state index contributed by atoms with van der Waals surface area (Å²) in [5.74, 6) is 1.86. The number of nitriles is 1. The summed E-state index contributed by atoms with van der Waals surface area (Å²) in [5.41, 5.74) is 0. The quantitative estimate of drug-likeness (QED) is 0.839. The largest absolute Gasteiger partial charge is 0.491 e. The molecule has 0 bridgehead atoms. The number of aromatic nitrogens is 2. The van der Waals surface area contributed by atoms with Gasteiger partial charge in [-0.05, 0) is 43.2 Å². The topological polar surface area (TPSA) is 62.0 Å². The van der Waals surface area contributed by atoms with E-state index in [4.69, 9.17) is 10.00 Å². The van der Waals surface area contributed by atoms with Crippen molar-refractivity contribution in [3.05, 3.63) is 46.8 Å². The van der Waals surface area contributed by atoms with Gasteiger partial charge >= 0.3 is 0 Å². The third-order valence-corrected chi connectivity index (χ3v) is 4.20. The SMILES string of the molecule is N#Cc1nccc(N2CCC[C@H]2COc2ccc(Br)cc2)n1. The van der Waals surface area contributed by atoms with Crippen LogP contribution in [0.4, 0.5) is 5.82 Å². The Morgan fingerprint density at radius 2 is 2.14 bits per heavy atom. The second-order valence-electron chi connectivity index (χ2n) is 5.10. The molecule has 0 N–H and O–H groups in total. The molecule has 2 heterocycles. The summed E-state index contributed by atoms with van der Waals surface area (Å²) in [6.45, 7) is 1.53. The Morgan fingerprint density at radius 1 is 1.32 bits per heavy atom. The van der Waals surface area contributed by atoms with Gasteiger partial charge < -0.3 is 9.64 Å². The lowest BCUT2D eigenvalue weighted by atomic mass is 10.2. The van der Waals surface area contributed by atoms with Crippen LogP contribution in [0.2, 0.25) is 0 Å². The Kier molecular flexibility index (Phi) is 4.54. The summed E-state index contributed by atoms with van der Waals surface area (Å²) in [6.07, 6.45) is 3.79. The molecule has 1 atom stereocenters. The molecule has 5 nitrogen and oxygen atoms in total. The van der Waals surface area contributed by atoms with Crippen LogP contribution >= 0.6 is 15.9 Å². The van der Waals surface area contributed by atoms with Crippen molar-refractivity contribution in [2.24, 2.45) is 0 Å². The Bertz CT molecular complexity index is 683. The van der Waals surface area contributed by atoms with Crippen LogP contribution in [-0.4, -0.2) is 29.2 Å². The zero-order valence-electron chi connectivity index (χ0n) is 11.9. The van der Waals surface area contributed by atoms with Crippen LogP contribution in [0.15, 0.2) is 41.0 Å². The summed E-state index contributed by atoms with van der Waals surface area (Å²) in [6, 6.07) is 11.9. The zero-order chi connectivity index (χ0) is 15.4. The van der Waals surface area contributed by atoms with Crippen molar-refractivity contribution >= 4 is 21.7 Å². The lowest BCUT2D eigenvalue weighted by Crippen LogP contribution is -2.34. The lowest BCUT2D eigenvalue weighted by Gasteiger charge is -2.25. The van der Waals surface area contributed by atoms with Crippen LogP contribution < -0.4 is 9.64 Å². The summed E-state index contributed by atoms with van der Waals surface area (Å²) in [7, 11) is 0. The van der Waals surface area contributed by atoms with E-state index in [9.17, 15) is 0 Å². The molecule has 0 spiro atoms.